The molecule has 0 bridgehead atoms. The summed E-state index contributed by atoms with van der Waals surface area (Å²) in [7, 11) is 1.82. The molecule has 2 atom stereocenters. The number of benzene rings is 1. The van der Waals surface area contributed by atoms with E-state index >= 15 is 0 Å². The average Bonchev–Trinajstić information content (AvgIpc) is 2.46. The molecule has 1 aliphatic rings. The Kier molecular flexibility index (Phi) is 4.04. The van der Waals surface area contributed by atoms with E-state index in [1.54, 1.807) is 4.31 Å². The number of pyridine rings is 1. The van der Waals surface area contributed by atoms with Crippen LogP contribution in [0.3, 0.4) is 0 Å². The van der Waals surface area contributed by atoms with Crippen LogP contribution < -0.4 is 0 Å². The molecule has 4 nitrogen and oxygen atoms in total. The molecule has 0 aliphatic carbocycles. The number of Topliss-reactive ketones (excluding diaryl/α,β-unsaturated/α-hetero) is 1. The van der Waals surface area contributed by atoms with Gasteiger partial charge in [-0.1, -0.05) is 30.3 Å². The fourth-order valence-corrected chi connectivity index (χ4v) is 3.98. The fourth-order valence-electron chi connectivity index (χ4n) is 2.85. The molecule has 1 N–H and O–H groups in total. The summed E-state index contributed by atoms with van der Waals surface area (Å²) in [6, 6.07) is 10.6. The SMILES string of the molecule is Cc1cc(C)c2c(n1)SN(C)C(C(O)c1ccccc1)C2=O. The minimum atomic E-state index is -0.861. The second-order valence-electron chi connectivity index (χ2n) is 5.56. The molecule has 0 saturated heterocycles. The number of likely N-dealkylation sites (N-methyl/N-ethyl adjacent to an activating group) is 1. The van der Waals surface area contributed by atoms with Gasteiger partial charge in [0.2, 0.25) is 0 Å². The Balaban J connectivity index is 2.02. The van der Waals surface area contributed by atoms with Crippen molar-refractivity contribution in [2.75, 3.05) is 7.05 Å². The first-order valence-electron chi connectivity index (χ1n) is 7.15. The number of aliphatic hydroxyl groups excluding tert-OH is 1. The highest BCUT2D eigenvalue weighted by atomic mass is 32.2. The van der Waals surface area contributed by atoms with Crippen molar-refractivity contribution >= 4 is 17.7 Å². The molecule has 1 aliphatic heterocycles. The van der Waals surface area contributed by atoms with Gasteiger partial charge < -0.3 is 5.11 Å². The maximum absolute atomic E-state index is 12.9. The van der Waals surface area contributed by atoms with Crippen molar-refractivity contribution in [1.82, 2.24) is 9.29 Å². The van der Waals surface area contributed by atoms with Crippen LogP contribution >= 0.6 is 11.9 Å². The summed E-state index contributed by atoms with van der Waals surface area (Å²) in [4.78, 5) is 17.4. The average molecular weight is 314 g/mol. The van der Waals surface area contributed by atoms with Crippen LogP contribution in [0.5, 0.6) is 0 Å². The molecule has 0 saturated carbocycles. The highest BCUT2D eigenvalue weighted by molar-refractivity contribution is 7.97. The minimum absolute atomic E-state index is 0.0717. The standard InChI is InChI=1S/C17H18N2O2S/c1-10-9-11(2)18-17-13(10)16(21)14(19(3)22-17)15(20)12-7-5-4-6-8-12/h4-9,14-15,20H,1-3H3. The Morgan fingerprint density at radius 3 is 2.64 bits per heavy atom. The number of nitrogens with zero attached hydrogens (tertiary/aromatic N) is 2. The zero-order valence-electron chi connectivity index (χ0n) is 12.8. The molecule has 1 aromatic heterocycles. The molecule has 114 valence electrons. The first-order valence-corrected chi connectivity index (χ1v) is 7.92. The lowest BCUT2D eigenvalue weighted by molar-refractivity contribution is 0.0649. The van der Waals surface area contributed by atoms with Crippen LogP contribution in [0.2, 0.25) is 0 Å². The van der Waals surface area contributed by atoms with Crippen LogP contribution in [-0.2, 0) is 0 Å². The van der Waals surface area contributed by atoms with Crippen LogP contribution in [0.1, 0.15) is 33.3 Å². The monoisotopic (exact) mass is 314 g/mol. The molecule has 0 amide bonds. The van der Waals surface area contributed by atoms with Gasteiger partial charge in [0.15, 0.2) is 5.78 Å². The quantitative estimate of drug-likeness (QED) is 0.864. The summed E-state index contributed by atoms with van der Waals surface area (Å²) >= 11 is 1.42. The molecule has 22 heavy (non-hydrogen) atoms. The molecular formula is C17H18N2O2S. The third kappa shape index (κ3) is 2.56. The van der Waals surface area contributed by atoms with Crippen LogP contribution in [0.4, 0.5) is 0 Å². The molecule has 2 heterocycles. The minimum Gasteiger partial charge on any atom is -0.386 e. The molecule has 2 unspecified atom stereocenters. The normalized spacial score (nSPS) is 19.8. The highest BCUT2D eigenvalue weighted by Gasteiger charge is 2.39. The molecule has 3 rings (SSSR count). The molecule has 0 spiro atoms. The van der Waals surface area contributed by atoms with Crippen molar-refractivity contribution in [3.05, 3.63) is 58.8 Å². The van der Waals surface area contributed by atoms with Crippen molar-refractivity contribution in [2.24, 2.45) is 0 Å². The number of rotatable bonds is 2. The summed E-state index contributed by atoms with van der Waals surface area (Å²) in [5.74, 6) is -0.0717. The van der Waals surface area contributed by atoms with E-state index in [1.807, 2.05) is 57.3 Å². The van der Waals surface area contributed by atoms with E-state index in [1.165, 1.54) is 11.9 Å². The van der Waals surface area contributed by atoms with Gasteiger partial charge in [-0.3, -0.25) is 4.79 Å². The van der Waals surface area contributed by atoms with Crippen molar-refractivity contribution in [3.63, 3.8) is 0 Å². The van der Waals surface area contributed by atoms with Gasteiger partial charge in [0, 0.05) is 5.69 Å². The largest absolute Gasteiger partial charge is 0.386 e. The lowest BCUT2D eigenvalue weighted by Gasteiger charge is -2.34. The molecule has 1 aromatic carbocycles. The summed E-state index contributed by atoms with van der Waals surface area (Å²) in [5, 5.41) is 11.4. The number of aliphatic hydroxyl groups is 1. The second kappa shape index (κ2) is 5.83. The summed E-state index contributed by atoms with van der Waals surface area (Å²) in [6.45, 7) is 3.84. The lowest BCUT2D eigenvalue weighted by atomic mass is 9.93. The Bertz CT molecular complexity index is 718. The van der Waals surface area contributed by atoms with Gasteiger partial charge in [-0.25, -0.2) is 9.29 Å². The number of carbonyl (C=O) groups is 1. The van der Waals surface area contributed by atoms with Gasteiger partial charge in [0.25, 0.3) is 0 Å². The Labute approximate surface area is 134 Å². The number of fused-ring (bicyclic) bond motifs is 1. The lowest BCUT2D eigenvalue weighted by Crippen LogP contribution is -2.43. The van der Waals surface area contributed by atoms with Crippen molar-refractivity contribution < 1.29 is 9.90 Å². The zero-order chi connectivity index (χ0) is 15.9. The van der Waals surface area contributed by atoms with Crippen molar-refractivity contribution in [3.8, 4) is 0 Å². The maximum atomic E-state index is 12.9. The number of ketones is 1. The van der Waals surface area contributed by atoms with Gasteiger partial charge in [-0.05, 0) is 50.0 Å². The Hall–Kier alpha value is -1.69. The predicted octanol–water partition coefficient (Wildman–Crippen LogP) is 2.94. The predicted molar refractivity (Wildman–Crippen MR) is 86.9 cm³/mol. The fraction of sp³-hybridized carbons (Fsp3) is 0.294. The number of hydrogen-bond donors (Lipinski definition) is 1. The number of carbonyl (C=O) groups excluding carboxylic acids is 1. The van der Waals surface area contributed by atoms with Crippen LogP contribution in [0.25, 0.3) is 0 Å². The summed E-state index contributed by atoms with van der Waals surface area (Å²) in [5.41, 5.74) is 3.19. The molecule has 0 radical (unpaired) electrons. The zero-order valence-corrected chi connectivity index (χ0v) is 13.6. The van der Waals surface area contributed by atoms with E-state index in [-0.39, 0.29) is 5.78 Å². The number of aryl methyl sites for hydroxylation is 2. The molecule has 5 heteroatoms. The first kappa shape index (κ1) is 15.2. The second-order valence-corrected chi connectivity index (χ2v) is 6.71. The number of aromatic nitrogens is 1. The van der Waals surface area contributed by atoms with Crippen LogP contribution in [0.15, 0.2) is 41.4 Å². The van der Waals surface area contributed by atoms with Gasteiger partial charge in [0.1, 0.15) is 17.2 Å². The molecule has 2 aromatic rings. The smallest absolute Gasteiger partial charge is 0.186 e. The molecule has 0 fully saturated rings. The Morgan fingerprint density at radius 1 is 1.27 bits per heavy atom. The van der Waals surface area contributed by atoms with Gasteiger partial charge in [-0.15, -0.1) is 0 Å². The summed E-state index contributed by atoms with van der Waals surface area (Å²) in [6.07, 6.45) is -0.861. The van der Waals surface area contributed by atoms with Crippen LogP contribution in [0, 0.1) is 13.8 Å². The molecular weight excluding hydrogens is 296 g/mol. The highest BCUT2D eigenvalue weighted by Crippen LogP contribution is 2.38. The Morgan fingerprint density at radius 2 is 1.95 bits per heavy atom. The van der Waals surface area contributed by atoms with Crippen molar-refractivity contribution in [2.45, 2.75) is 31.0 Å². The van der Waals surface area contributed by atoms with E-state index < -0.39 is 12.1 Å². The van der Waals surface area contributed by atoms with E-state index in [9.17, 15) is 9.90 Å². The number of hydrogen-bond acceptors (Lipinski definition) is 5. The van der Waals surface area contributed by atoms with Gasteiger partial charge >= 0.3 is 0 Å². The first-order chi connectivity index (χ1) is 10.5. The van der Waals surface area contributed by atoms with E-state index in [4.69, 9.17) is 0 Å². The van der Waals surface area contributed by atoms with Crippen molar-refractivity contribution in [1.29, 1.82) is 0 Å². The van der Waals surface area contributed by atoms with Gasteiger partial charge in [0.05, 0.1) is 5.56 Å². The topological polar surface area (TPSA) is 53.4 Å². The third-order valence-electron chi connectivity index (χ3n) is 3.89. The third-order valence-corrected chi connectivity index (χ3v) is 4.87. The maximum Gasteiger partial charge on any atom is 0.186 e. The van der Waals surface area contributed by atoms with E-state index in [0.29, 0.717) is 5.56 Å². The van der Waals surface area contributed by atoms with E-state index in [2.05, 4.69) is 4.98 Å². The summed E-state index contributed by atoms with van der Waals surface area (Å²) < 4.78 is 1.80. The van der Waals surface area contributed by atoms with Crippen LogP contribution in [-0.4, -0.2) is 33.3 Å². The van der Waals surface area contributed by atoms with Gasteiger partial charge in [-0.2, -0.15) is 0 Å². The van der Waals surface area contributed by atoms with E-state index in [0.717, 1.165) is 21.8 Å².